The van der Waals surface area contributed by atoms with Gasteiger partial charge in [0.05, 0.1) is 5.56 Å². The summed E-state index contributed by atoms with van der Waals surface area (Å²) in [6.45, 7) is 2.40. The van der Waals surface area contributed by atoms with Gasteiger partial charge in [0.1, 0.15) is 12.4 Å². The van der Waals surface area contributed by atoms with E-state index in [1.54, 1.807) is 24.3 Å². The molecular weight excluding hydrogens is 254 g/mol. The molecule has 4 heteroatoms. The average Bonchev–Trinajstić information content (AvgIpc) is 2.96. The second-order valence-electron chi connectivity index (χ2n) is 5.37. The molecule has 0 radical (unpaired) electrons. The highest BCUT2D eigenvalue weighted by Crippen LogP contribution is 2.26. The Hall–Kier alpha value is -1.55. The lowest BCUT2D eigenvalue weighted by Crippen LogP contribution is -2.23. The number of hydrogen-bond donors (Lipinski definition) is 2. The van der Waals surface area contributed by atoms with E-state index in [2.05, 4.69) is 5.32 Å². The molecule has 110 valence electrons. The fourth-order valence-corrected chi connectivity index (χ4v) is 2.69. The van der Waals surface area contributed by atoms with Gasteiger partial charge in [-0.15, -0.1) is 0 Å². The number of aromatic carboxylic acids is 1. The molecule has 1 aromatic carbocycles. The number of nitrogens with one attached hydrogen (secondary N) is 1. The van der Waals surface area contributed by atoms with Gasteiger partial charge in [-0.1, -0.05) is 31.7 Å². The second kappa shape index (κ2) is 7.90. The number of rotatable bonds is 8. The van der Waals surface area contributed by atoms with Crippen molar-refractivity contribution in [2.24, 2.45) is 5.92 Å². The van der Waals surface area contributed by atoms with E-state index in [9.17, 15) is 4.79 Å². The number of ether oxygens (including phenoxy) is 1. The van der Waals surface area contributed by atoms with E-state index in [1.807, 2.05) is 0 Å². The molecule has 1 aromatic rings. The summed E-state index contributed by atoms with van der Waals surface area (Å²) in [5.41, 5.74) is 0.261. The van der Waals surface area contributed by atoms with Crippen molar-refractivity contribution < 1.29 is 14.6 Å². The third-order valence-electron chi connectivity index (χ3n) is 3.83. The van der Waals surface area contributed by atoms with Crippen LogP contribution in [-0.4, -0.2) is 30.8 Å². The van der Waals surface area contributed by atoms with Gasteiger partial charge in [0.15, 0.2) is 0 Å². The van der Waals surface area contributed by atoms with Crippen molar-refractivity contribution in [2.75, 3.05) is 19.7 Å². The van der Waals surface area contributed by atoms with Crippen molar-refractivity contribution >= 4 is 5.97 Å². The second-order valence-corrected chi connectivity index (χ2v) is 5.37. The molecule has 2 rings (SSSR count). The summed E-state index contributed by atoms with van der Waals surface area (Å²) >= 11 is 0. The average molecular weight is 277 g/mol. The molecule has 20 heavy (non-hydrogen) atoms. The molecule has 2 N–H and O–H groups in total. The standard InChI is InChI=1S/C16H23NO3/c18-16(19)14-6-3-7-15(12-14)20-11-10-17-9-8-13-4-1-2-5-13/h3,6-7,12-13,17H,1-2,4-5,8-11H2,(H,18,19). The summed E-state index contributed by atoms with van der Waals surface area (Å²) in [5, 5.41) is 12.3. The smallest absolute Gasteiger partial charge is 0.335 e. The zero-order valence-electron chi connectivity index (χ0n) is 11.8. The molecule has 1 aliphatic carbocycles. The van der Waals surface area contributed by atoms with Crippen molar-refractivity contribution in [2.45, 2.75) is 32.1 Å². The van der Waals surface area contributed by atoms with Crippen molar-refractivity contribution in [1.82, 2.24) is 5.32 Å². The Kier molecular flexibility index (Phi) is 5.87. The molecule has 0 spiro atoms. The Morgan fingerprint density at radius 2 is 2.10 bits per heavy atom. The fourth-order valence-electron chi connectivity index (χ4n) is 2.69. The van der Waals surface area contributed by atoms with Gasteiger partial charge in [-0.05, 0) is 37.1 Å². The number of carbonyl (C=O) groups is 1. The fraction of sp³-hybridized carbons (Fsp3) is 0.562. The van der Waals surface area contributed by atoms with Crippen LogP contribution >= 0.6 is 0 Å². The van der Waals surface area contributed by atoms with Crippen LogP contribution in [0, 0.1) is 5.92 Å². The number of hydrogen-bond acceptors (Lipinski definition) is 3. The first kappa shape index (κ1) is 14.9. The molecule has 0 amide bonds. The molecule has 0 saturated heterocycles. The van der Waals surface area contributed by atoms with E-state index in [4.69, 9.17) is 9.84 Å². The molecule has 0 aliphatic heterocycles. The minimum Gasteiger partial charge on any atom is -0.492 e. The van der Waals surface area contributed by atoms with Gasteiger partial charge < -0.3 is 15.2 Å². The van der Waals surface area contributed by atoms with Gasteiger partial charge >= 0.3 is 5.97 Å². The third-order valence-corrected chi connectivity index (χ3v) is 3.83. The van der Waals surface area contributed by atoms with Gasteiger partial charge in [-0.3, -0.25) is 0 Å². The topological polar surface area (TPSA) is 58.6 Å². The van der Waals surface area contributed by atoms with E-state index < -0.39 is 5.97 Å². The predicted octanol–water partition coefficient (Wildman–Crippen LogP) is 2.93. The van der Waals surface area contributed by atoms with Crippen molar-refractivity contribution in [3.05, 3.63) is 29.8 Å². The summed E-state index contributed by atoms with van der Waals surface area (Å²) in [6.07, 6.45) is 6.83. The van der Waals surface area contributed by atoms with Crippen LogP contribution < -0.4 is 10.1 Å². The Bertz CT molecular complexity index is 427. The highest BCUT2D eigenvalue weighted by atomic mass is 16.5. The molecule has 1 saturated carbocycles. The van der Waals surface area contributed by atoms with Crippen LogP contribution in [0.15, 0.2) is 24.3 Å². The highest BCUT2D eigenvalue weighted by molar-refractivity contribution is 5.87. The summed E-state index contributed by atoms with van der Waals surface area (Å²) < 4.78 is 5.54. The minimum absolute atomic E-state index is 0.261. The molecular formula is C16H23NO3. The van der Waals surface area contributed by atoms with E-state index in [0.717, 1.165) is 19.0 Å². The molecule has 0 unspecified atom stereocenters. The van der Waals surface area contributed by atoms with Crippen LogP contribution in [0.5, 0.6) is 5.75 Å². The quantitative estimate of drug-likeness (QED) is 0.717. The van der Waals surface area contributed by atoms with Crippen molar-refractivity contribution in [3.63, 3.8) is 0 Å². The molecule has 0 bridgehead atoms. The molecule has 0 aromatic heterocycles. The van der Waals surface area contributed by atoms with Crippen LogP contribution in [0.3, 0.4) is 0 Å². The van der Waals surface area contributed by atoms with Crippen LogP contribution in [-0.2, 0) is 0 Å². The molecule has 0 heterocycles. The SMILES string of the molecule is O=C(O)c1cccc(OCCNCCC2CCCC2)c1. The zero-order chi connectivity index (χ0) is 14.2. The lowest BCUT2D eigenvalue weighted by atomic mass is 10.0. The van der Waals surface area contributed by atoms with Crippen LogP contribution in [0.25, 0.3) is 0 Å². The minimum atomic E-state index is -0.926. The number of carboxylic acid groups (broad SMARTS) is 1. The summed E-state index contributed by atoms with van der Waals surface area (Å²) in [7, 11) is 0. The Labute approximate surface area is 120 Å². The molecule has 0 atom stereocenters. The van der Waals surface area contributed by atoms with Gasteiger partial charge in [-0.2, -0.15) is 0 Å². The van der Waals surface area contributed by atoms with Gasteiger partial charge in [0.2, 0.25) is 0 Å². The van der Waals surface area contributed by atoms with Gasteiger partial charge in [-0.25, -0.2) is 4.79 Å². The first-order valence-corrected chi connectivity index (χ1v) is 7.42. The Balaban J connectivity index is 1.58. The maximum absolute atomic E-state index is 10.8. The summed E-state index contributed by atoms with van der Waals surface area (Å²) in [5.74, 6) is 0.600. The Morgan fingerprint density at radius 1 is 1.30 bits per heavy atom. The number of benzene rings is 1. The van der Waals surface area contributed by atoms with Crippen molar-refractivity contribution in [1.29, 1.82) is 0 Å². The largest absolute Gasteiger partial charge is 0.492 e. The van der Waals surface area contributed by atoms with Crippen molar-refractivity contribution in [3.8, 4) is 5.75 Å². The monoisotopic (exact) mass is 277 g/mol. The molecule has 4 nitrogen and oxygen atoms in total. The normalized spacial score (nSPS) is 15.4. The first-order valence-electron chi connectivity index (χ1n) is 7.42. The summed E-state index contributed by atoms with van der Waals surface area (Å²) in [4.78, 5) is 10.8. The van der Waals surface area contributed by atoms with E-state index in [1.165, 1.54) is 32.1 Å². The van der Waals surface area contributed by atoms with E-state index in [0.29, 0.717) is 12.4 Å². The Morgan fingerprint density at radius 3 is 2.85 bits per heavy atom. The van der Waals surface area contributed by atoms with E-state index >= 15 is 0 Å². The maximum atomic E-state index is 10.8. The molecule has 1 fully saturated rings. The first-order chi connectivity index (χ1) is 9.75. The summed E-state index contributed by atoms with van der Waals surface area (Å²) in [6, 6.07) is 6.60. The predicted molar refractivity (Wildman–Crippen MR) is 78.3 cm³/mol. The molecule has 1 aliphatic rings. The van der Waals surface area contributed by atoms with Gasteiger partial charge in [0.25, 0.3) is 0 Å². The van der Waals surface area contributed by atoms with Crippen LogP contribution in [0.1, 0.15) is 42.5 Å². The highest BCUT2D eigenvalue weighted by Gasteiger charge is 2.13. The van der Waals surface area contributed by atoms with Crippen LogP contribution in [0.2, 0.25) is 0 Å². The van der Waals surface area contributed by atoms with E-state index in [-0.39, 0.29) is 5.56 Å². The van der Waals surface area contributed by atoms with Crippen LogP contribution in [0.4, 0.5) is 0 Å². The number of carboxylic acids is 1. The zero-order valence-corrected chi connectivity index (χ0v) is 11.8. The van der Waals surface area contributed by atoms with Gasteiger partial charge in [0, 0.05) is 6.54 Å². The maximum Gasteiger partial charge on any atom is 0.335 e. The lowest BCUT2D eigenvalue weighted by Gasteiger charge is -2.10. The third kappa shape index (κ3) is 4.85. The lowest BCUT2D eigenvalue weighted by molar-refractivity contribution is 0.0696.